The fourth-order valence-corrected chi connectivity index (χ4v) is 4.02. The molecular formula is C21H14N2O4S. The number of anilines is 1. The van der Waals surface area contributed by atoms with Gasteiger partial charge in [0.25, 0.3) is 5.91 Å². The highest BCUT2D eigenvalue weighted by Crippen LogP contribution is 2.37. The number of rotatable bonds is 3. The lowest BCUT2D eigenvalue weighted by Gasteiger charge is -2.08. The second-order valence-electron chi connectivity index (χ2n) is 6.24. The molecule has 0 unspecified atom stereocenters. The third kappa shape index (κ3) is 2.91. The number of para-hydroxylation sites is 1. The molecule has 0 radical (unpaired) electrons. The summed E-state index contributed by atoms with van der Waals surface area (Å²) in [6.07, 6.45) is 0. The number of amides is 1. The number of phenols is 1. The first-order valence-corrected chi connectivity index (χ1v) is 9.39. The topological polar surface area (TPSA) is 80.7 Å². The van der Waals surface area contributed by atoms with Gasteiger partial charge in [0, 0.05) is 17.3 Å². The minimum atomic E-state index is -0.301. The summed E-state index contributed by atoms with van der Waals surface area (Å²) in [7, 11) is 0. The first kappa shape index (κ1) is 16.6. The predicted octanol–water partition coefficient (Wildman–Crippen LogP) is 4.65. The lowest BCUT2D eigenvalue weighted by atomic mass is 10.1. The van der Waals surface area contributed by atoms with E-state index in [1.807, 2.05) is 24.3 Å². The fraction of sp³-hybridized carbons (Fsp3) is 0.0476. The van der Waals surface area contributed by atoms with Crippen molar-refractivity contribution in [1.82, 2.24) is 4.98 Å². The molecule has 1 amide bonds. The second-order valence-corrected chi connectivity index (χ2v) is 7.27. The fourth-order valence-electron chi connectivity index (χ4n) is 3.02. The van der Waals surface area contributed by atoms with Crippen LogP contribution >= 0.6 is 11.3 Å². The molecule has 3 aromatic carbocycles. The van der Waals surface area contributed by atoms with Crippen LogP contribution in [0.25, 0.3) is 20.8 Å². The molecule has 28 heavy (non-hydrogen) atoms. The molecule has 0 atom stereocenters. The van der Waals surface area contributed by atoms with E-state index in [0.29, 0.717) is 28.3 Å². The number of ether oxygens (including phenoxy) is 2. The van der Waals surface area contributed by atoms with Crippen molar-refractivity contribution in [2.75, 3.05) is 12.1 Å². The summed E-state index contributed by atoms with van der Waals surface area (Å²) in [6.45, 7) is 0.154. The van der Waals surface area contributed by atoms with Gasteiger partial charge >= 0.3 is 0 Å². The zero-order chi connectivity index (χ0) is 19.1. The van der Waals surface area contributed by atoms with Crippen molar-refractivity contribution in [1.29, 1.82) is 0 Å². The highest BCUT2D eigenvalue weighted by molar-refractivity contribution is 7.21. The molecule has 0 saturated carbocycles. The molecule has 7 heteroatoms. The van der Waals surface area contributed by atoms with E-state index in [2.05, 4.69) is 10.3 Å². The Morgan fingerprint density at radius 3 is 2.75 bits per heavy atom. The van der Waals surface area contributed by atoms with Gasteiger partial charge in [0.15, 0.2) is 11.5 Å². The van der Waals surface area contributed by atoms with Gasteiger partial charge in [0.05, 0.1) is 15.8 Å². The van der Waals surface area contributed by atoms with E-state index < -0.39 is 0 Å². The number of carbonyl (C=O) groups excluding carboxylic acids is 1. The van der Waals surface area contributed by atoms with E-state index in [-0.39, 0.29) is 18.4 Å². The van der Waals surface area contributed by atoms with E-state index in [1.54, 1.807) is 30.3 Å². The maximum absolute atomic E-state index is 12.5. The maximum Gasteiger partial charge on any atom is 0.255 e. The summed E-state index contributed by atoms with van der Waals surface area (Å²) in [5, 5.41) is 14.0. The molecule has 5 rings (SSSR count). The van der Waals surface area contributed by atoms with Gasteiger partial charge in [0.2, 0.25) is 6.79 Å². The van der Waals surface area contributed by atoms with Crippen LogP contribution in [0.5, 0.6) is 17.2 Å². The zero-order valence-corrected chi connectivity index (χ0v) is 15.3. The molecule has 1 aliphatic rings. The molecule has 0 spiro atoms. The van der Waals surface area contributed by atoms with Crippen LogP contribution in [0.2, 0.25) is 0 Å². The van der Waals surface area contributed by atoms with Crippen molar-refractivity contribution >= 4 is 33.1 Å². The number of nitrogens with zero attached hydrogens (tertiary/aromatic N) is 1. The van der Waals surface area contributed by atoms with Gasteiger partial charge in [0.1, 0.15) is 10.8 Å². The molecule has 2 heterocycles. The van der Waals surface area contributed by atoms with E-state index in [1.165, 1.54) is 17.4 Å². The second kappa shape index (κ2) is 6.54. The van der Waals surface area contributed by atoms with Gasteiger partial charge < -0.3 is 19.9 Å². The van der Waals surface area contributed by atoms with E-state index in [9.17, 15) is 9.90 Å². The molecule has 6 nitrogen and oxygen atoms in total. The lowest BCUT2D eigenvalue weighted by Crippen LogP contribution is -2.11. The Morgan fingerprint density at radius 2 is 1.89 bits per heavy atom. The largest absolute Gasteiger partial charge is 0.507 e. The quantitative estimate of drug-likeness (QED) is 0.532. The van der Waals surface area contributed by atoms with Gasteiger partial charge in [-0.05, 0) is 42.5 Å². The van der Waals surface area contributed by atoms with Crippen LogP contribution in [0, 0.1) is 0 Å². The maximum atomic E-state index is 12.5. The first-order chi connectivity index (χ1) is 13.7. The van der Waals surface area contributed by atoms with Crippen LogP contribution in [-0.4, -0.2) is 22.8 Å². The molecule has 4 aromatic rings. The van der Waals surface area contributed by atoms with Gasteiger partial charge in [-0.1, -0.05) is 12.1 Å². The van der Waals surface area contributed by atoms with Gasteiger partial charge in [-0.3, -0.25) is 4.79 Å². The molecule has 0 bridgehead atoms. The number of fused-ring (bicyclic) bond motifs is 2. The predicted molar refractivity (Wildman–Crippen MR) is 107 cm³/mol. The number of hydrogen-bond donors (Lipinski definition) is 2. The van der Waals surface area contributed by atoms with E-state index in [4.69, 9.17) is 9.47 Å². The third-order valence-electron chi connectivity index (χ3n) is 4.41. The lowest BCUT2D eigenvalue weighted by molar-refractivity contribution is 0.102. The number of carbonyl (C=O) groups is 1. The SMILES string of the molecule is O=C(Nc1ccc(-c2nc3ccccc3s2)c(O)c1)c1ccc2c(c1)OCO2. The summed E-state index contributed by atoms with van der Waals surface area (Å²) in [4.78, 5) is 17.1. The number of aromatic nitrogens is 1. The van der Waals surface area contributed by atoms with Crippen LogP contribution in [0.3, 0.4) is 0 Å². The minimum absolute atomic E-state index is 0.0579. The van der Waals surface area contributed by atoms with Crippen molar-refractivity contribution in [2.24, 2.45) is 0 Å². The molecule has 1 aromatic heterocycles. The molecule has 138 valence electrons. The first-order valence-electron chi connectivity index (χ1n) is 8.57. The Morgan fingerprint density at radius 1 is 1.04 bits per heavy atom. The van der Waals surface area contributed by atoms with Crippen molar-refractivity contribution in [3.05, 3.63) is 66.2 Å². The monoisotopic (exact) mass is 390 g/mol. The number of hydrogen-bond acceptors (Lipinski definition) is 6. The van der Waals surface area contributed by atoms with E-state index in [0.717, 1.165) is 15.2 Å². The van der Waals surface area contributed by atoms with Crippen LogP contribution in [-0.2, 0) is 0 Å². The summed E-state index contributed by atoms with van der Waals surface area (Å²) >= 11 is 1.51. The number of benzene rings is 3. The van der Waals surface area contributed by atoms with Gasteiger partial charge in [-0.2, -0.15) is 0 Å². The number of nitrogens with one attached hydrogen (secondary N) is 1. The summed E-state index contributed by atoms with van der Waals surface area (Å²) in [5.74, 6) is 0.920. The van der Waals surface area contributed by atoms with Gasteiger partial charge in [-0.15, -0.1) is 11.3 Å². The normalized spacial score (nSPS) is 12.3. The highest BCUT2D eigenvalue weighted by Gasteiger charge is 2.17. The smallest absolute Gasteiger partial charge is 0.255 e. The number of aromatic hydroxyl groups is 1. The summed E-state index contributed by atoms with van der Waals surface area (Å²) in [6, 6.07) is 17.8. The van der Waals surface area contributed by atoms with Gasteiger partial charge in [-0.25, -0.2) is 4.98 Å². The summed E-state index contributed by atoms with van der Waals surface area (Å²) < 4.78 is 11.6. The van der Waals surface area contributed by atoms with Crippen molar-refractivity contribution in [3.8, 4) is 27.8 Å². The Bertz CT molecular complexity index is 1190. The number of phenolic OH excluding ortho intramolecular Hbond substituents is 1. The van der Waals surface area contributed by atoms with Crippen molar-refractivity contribution in [3.63, 3.8) is 0 Å². The molecule has 2 N–H and O–H groups in total. The van der Waals surface area contributed by atoms with Crippen LogP contribution in [0.15, 0.2) is 60.7 Å². The molecule has 0 fully saturated rings. The Kier molecular flexibility index (Phi) is 3.87. The molecule has 0 saturated heterocycles. The highest BCUT2D eigenvalue weighted by atomic mass is 32.1. The van der Waals surface area contributed by atoms with E-state index >= 15 is 0 Å². The Hall–Kier alpha value is -3.58. The van der Waals surface area contributed by atoms with Crippen molar-refractivity contribution < 1.29 is 19.4 Å². The van der Waals surface area contributed by atoms with Crippen LogP contribution in [0.4, 0.5) is 5.69 Å². The molecule has 0 aliphatic carbocycles. The number of thiazole rings is 1. The molecular weight excluding hydrogens is 376 g/mol. The Balaban J connectivity index is 1.39. The standard InChI is InChI=1S/C21H14N2O4S/c24-16-10-13(22-20(25)12-5-8-17-18(9-12)27-11-26-17)6-7-14(16)21-23-15-3-1-2-4-19(15)28-21/h1-10,24H,11H2,(H,22,25). The minimum Gasteiger partial charge on any atom is -0.507 e. The Labute approximate surface area is 164 Å². The average Bonchev–Trinajstić information content (AvgIpc) is 3.34. The van der Waals surface area contributed by atoms with Crippen molar-refractivity contribution in [2.45, 2.75) is 0 Å². The zero-order valence-electron chi connectivity index (χ0n) is 14.5. The average molecular weight is 390 g/mol. The summed E-state index contributed by atoms with van der Waals surface area (Å²) in [5.41, 5.74) is 2.45. The van der Waals surface area contributed by atoms with Crippen LogP contribution < -0.4 is 14.8 Å². The van der Waals surface area contributed by atoms with Crippen LogP contribution in [0.1, 0.15) is 10.4 Å². The molecule has 1 aliphatic heterocycles. The third-order valence-corrected chi connectivity index (χ3v) is 5.48.